The lowest BCUT2D eigenvalue weighted by atomic mass is 10.2. The highest BCUT2D eigenvalue weighted by Gasteiger charge is 2.12. The zero-order valence-electron chi connectivity index (χ0n) is 8.92. The fraction of sp³-hybridized carbons (Fsp3) is 0.0833. The average Bonchev–Trinajstić information content (AvgIpc) is 2.74. The number of carbonyl (C=O) groups excluding carboxylic acids is 1. The molecule has 5 heteroatoms. The van der Waals surface area contributed by atoms with Crippen molar-refractivity contribution in [1.29, 1.82) is 0 Å². The summed E-state index contributed by atoms with van der Waals surface area (Å²) < 4.78 is 5.10. The van der Waals surface area contributed by atoms with E-state index in [0.29, 0.717) is 10.6 Å². The molecular weight excluding hydrogens is 238 g/mol. The van der Waals surface area contributed by atoms with Crippen LogP contribution in [0.15, 0.2) is 35.7 Å². The van der Waals surface area contributed by atoms with Crippen molar-refractivity contribution in [2.75, 3.05) is 5.73 Å². The number of thiophene rings is 1. The van der Waals surface area contributed by atoms with E-state index in [2.05, 4.69) is 0 Å². The predicted molar refractivity (Wildman–Crippen MR) is 66.0 cm³/mol. The summed E-state index contributed by atoms with van der Waals surface area (Å²) in [7, 11) is 0. The maximum absolute atomic E-state index is 11.6. The Labute approximate surface area is 102 Å². The molecule has 0 fully saturated rings. The van der Waals surface area contributed by atoms with Crippen molar-refractivity contribution >= 4 is 23.0 Å². The summed E-state index contributed by atoms with van der Waals surface area (Å²) in [5.41, 5.74) is 6.85. The number of nitrogens with two attached hydrogens (primary N) is 1. The third kappa shape index (κ3) is 2.76. The first kappa shape index (κ1) is 11.5. The maximum atomic E-state index is 11.6. The van der Waals surface area contributed by atoms with E-state index >= 15 is 0 Å². The van der Waals surface area contributed by atoms with E-state index in [-0.39, 0.29) is 12.4 Å². The molecule has 0 spiro atoms. The molecule has 88 valence electrons. The number of aromatic hydroxyl groups is 1. The largest absolute Gasteiger partial charge is 0.508 e. The summed E-state index contributed by atoms with van der Waals surface area (Å²) in [6.07, 6.45) is 0. The van der Waals surface area contributed by atoms with Gasteiger partial charge in [-0.1, -0.05) is 12.1 Å². The summed E-state index contributed by atoms with van der Waals surface area (Å²) in [5.74, 6) is -0.242. The molecule has 0 radical (unpaired) electrons. The molecule has 0 aliphatic heterocycles. The number of phenolic OH excluding ortho intramolecular Hbond substituents is 1. The van der Waals surface area contributed by atoms with Gasteiger partial charge in [-0.25, -0.2) is 4.79 Å². The third-order valence-corrected chi connectivity index (χ3v) is 3.10. The Morgan fingerprint density at radius 1 is 1.29 bits per heavy atom. The Balaban J connectivity index is 1.97. The van der Waals surface area contributed by atoms with Gasteiger partial charge in [-0.3, -0.25) is 0 Å². The zero-order valence-corrected chi connectivity index (χ0v) is 9.74. The van der Waals surface area contributed by atoms with E-state index in [1.54, 1.807) is 35.7 Å². The number of anilines is 1. The van der Waals surface area contributed by atoms with Crippen molar-refractivity contribution < 1.29 is 14.6 Å². The molecule has 0 aliphatic rings. The Hall–Kier alpha value is -2.01. The molecule has 1 heterocycles. The van der Waals surface area contributed by atoms with Crippen LogP contribution in [0.1, 0.15) is 15.2 Å². The molecule has 0 unspecified atom stereocenters. The molecule has 0 amide bonds. The first-order valence-corrected chi connectivity index (χ1v) is 5.83. The van der Waals surface area contributed by atoms with Crippen LogP contribution in [0.5, 0.6) is 5.75 Å². The second kappa shape index (κ2) is 4.88. The molecule has 17 heavy (non-hydrogen) atoms. The van der Waals surface area contributed by atoms with Gasteiger partial charge in [-0.2, -0.15) is 0 Å². The number of hydrogen-bond acceptors (Lipinski definition) is 5. The molecule has 0 saturated heterocycles. The zero-order chi connectivity index (χ0) is 12.3. The molecule has 3 N–H and O–H groups in total. The van der Waals surface area contributed by atoms with Gasteiger partial charge in [0.2, 0.25) is 0 Å². The monoisotopic (exact) mass is 249 g/mol. The van der Waals surface area contributed by atoms with Crippen molar-refractivity contribution in [2.24, 2.45) is 0 Å². The fourth-order valence-corrected chi connectivity index (χ4v) is 2.00. The SMILES string of the molecule is Nc1ccsc1C(=O)OCc1ccc(O)cc1. The van der Waals surface area contributed by atoms with Crippen molar-refractivity contribution in [2.45, 2.75) is 6.61 Å². The second-order valence-corrected chi connectivity index (χ2v) is 4.36. The first-order valence-electron chi connectivity index (χ1n) is 4.95. The number of ether oxygens (including phenoxy) is 1. The van der Waals surface area contributed by atoms with E-state index in [0.717, 1.165) is 5.56 Å². The maximum Gasteiger partial charge on any atom is 0.350 e. The lowest BCUT2D eigenvalue weighted by Gasteiger charge is -2.04. The van der Waals surface area contributed by atoms with Gasteiger partial charge in [-0.15, -0.1) is 11.3 Å². The van der Waals surface area contributed by atoms with Gasteiger partial charge in [0, 0.05) is 0 Å². The molecular formula is C12H11NO3S. The van der Waals surface area contributed by atoms with E-state index in [4.69, 9.17) is 15.6 Å². The number of phenols is 1. The minimum absolute atomic E-state index is 0.163. The van der Waals surface area contributed by atoms with Crippen LogP contribution < -0.4 is 5.73 Å². The highest BCUT2D eigenvalue weighted by molar-refractivity contribution is 7.12. The Morgan fingerprint density at radius 2 is 2.00 bits per heavy atom. The quantitative estimate of drug-likeness (QED) is 0.819. The van der Waals surface area contributed by atoms with Crippen LogP contribution in [-0.4, -0.2) is 11.1 Å². The number of rotatable bonds is 3. The lowest BCUT2D eigenvalue weighted by Crippen LogP contribution is -2.05. The van der Waals surface area contributed by atoms with Crippen LogP contribution in [0.4, 0.5) is 5.69 Å². The molecule has 1 aromatic carbocycles. The standard InChI is InChI=1S/C12H11NO3S/c13-10-5-6-17-11(10)12(15)16-7-8-1-3-9(14)4-2-8/h1-6,14H,7,13H2. The first-order chi connectivity index (χ1) is 8.16. The minimum Gasteiger partial charge on any atom is -0.508 e. The summed E-state index contributed by atoms with van der Waals surface area (Å²) in [4.78, 5) is 12.0. The number of hydrogen-bond donors (Lipinski definition) is 2. The van der Waals surface area contributed by atoms with E-state index in [1.807, 2.05) is 0 Å². The summed E-state index contributed by atoms with van der Waals surface area (Å²) >= 11 is 1.26. The van der Waals surface area contributed by atoms with Crippen molar-refractivity contribution in [1.82, 2.24) is 0 Å². The second-order valence-electron chi connectivity index (χ2n) is 3.45. The predicted octanol–water partition coefficient (Wildman–Crippen LogP) is 2.39. The molecule has 0 aliphatic carbocycles. The molecule has 0 atom stereocenters. The van der Waals surface area contributed by atoms with E-state index < -0.39 is 5.97 Å². The number of nitrogen functional groups attached to an aromatic ring is 1. The smallest absolute Gasteiger partial charge is 0.350 e. The van der Waals surface area contributed by atoms with E-state index in [9.17, 15) is 4.79 Å². The van der Waals surface area contributed by atoms with Crippen molar-refractivity contribution in [3.05, 3.63) is 46.2 Å². The van der Waals surface area contributed by atoms with Gasteiger partial charge in [0.15, 0.2) is 0 Å². The van der Waals surface area contributed by atoms with Gasteiger partial charge < -0.3 is 15.6 Å². The van der Waals surface area contributed by atoms with Crippen LogP contribution in [0.25, 0.3) is 0 Å². The normalized spacial score (nSPS) is 10.1. The van der Waals surface area contributed by atoms with Crippen LogP contribution in [0, 0.1) is 0 Å². The topological polar surface area (TPSA) is 72.6 Å². The van der Waals surface area contributed by atoms with Crippen LogP contribution in [-0.2, 0) is 11.3 Å². The molecule has 0 bridgehead atoms. The van der Waals surface area contributed by atoms with Gasteiger partial charge in [-0.05, 0) is 29.1 Å². The number of esters is 1. The Kier molecular flexibility index (Phi) is 3.30. The van der Waals surface area contributed by atoms with Gasteiger partial charge in [0.25, 0.3) is 0 Å². The highest BCUT2D eigenvalue weighted by Crippen LogP contribution is 2.20. The molecule has 4 nitrogen and oxygen atoms in total. The fourth-order valence-electron chi connectivity index (χ4n) is 1.29. The molecule has 0 saturated carbocycles. The van der Waals surface area contributed by atoms with Crippen LogP contribution >= 0.6 is 11.3 Å². The average molecular weight is 249 g/mol. The van der Waals surface area contributed by atoms with Gasteiger partial charge in [0.05, 0.1) is 5.69 Å². The Bertz CT molecular complexity index is 519. The lowest BCUT2D eigenvalue weighted by molar-refractivity contribution is 0.0479. The van der Waals surface area contributed by atoms with Gasteiger partial charge >= 0.3 is 5.97 Å². The van der Waals surface area contributed by atoms with E-state index in [1.165, 1.54) is 11.3 Å². The van der Waals surface area contributed by atoms with Crippen molar-refractivity contribution in [3.63, 3.8) is 0 Å². The minimum atomic E-state index is -0.425. The third-order valence-electron chi connectivity index (χ3n) is 2.19. The van der Waals surface area contributed by atoms with Crippen LogP contribution in [0.2, 0.25) is 0 Å². The highest BCUT2D eigenvalue weighted by atomic mass is 32.1. The number of carbonyl (C=O) groups is 1. The molecule has 2 rings (SSSR count). The van der Waals surface area contributed by atoms with Crippen molar-refractivity contribution in [3.8, 4) is 5.75 Å². The number of benzene rings is 1. The van der Waals surface area contributed by atoms with Gasteiger partial charge in [0.1, 0.15) is 17.2 Å². The Morgan fingerprint density at radius 3 is 2.59 bits per heavy atom. The van der Waals surface area contributed by atoms with Crippen LogP contribution in [0.3, 0.4) is 0 Å². The molecule has 2 aromatic rings. The summed E-state index contributed by atoms with van der Waals surface area (Å²) in [5, 5.41) is 10.8. The molecule has 1 aromatic heterocycles. The summed E-state index contributed by atoms with van der Waals surface area (Å²) in [6.45, 7) is 0.163. The summed E-state index contributed by atoms with van der Waals surface area (Å²) in [6, 6.07) is 8.15.